The van der Waals surface area contributed by atoms with Crippen LogP contribution in [0.4, 0.5) is 18.0 Å². The van der Waals surface area contributed by atoms with Crippen LogP contribution in [0.5, 0.6) is 0 Å². The number of carbonyl (C=O) groups is 2. The average molecular weight is 310 g/mol. The highest BCUT2D eigenvalue weighted by molar-refractivity contribution is 5.77. The monoisotopic (exact) mass is 310 g/mol. The molecule has 1 aliphatic heterocycles. The molecule has 2 N–H and O–H groups in total. The molecule has 0 aliphatic carbocycles. The number of likely N-dealkylation sites (tertiary alicyclic amines) is 1. The van der Waals surface area contributed by atoms with Gasteiger partial charge in [-0.15, -0.1) is 0 Å². The maximum Gasteiger partial charge on any atom is 0.394 e. The van der Waals surface area contributed by atoms with Crippen molar-refractivity contribution in [2.24, 2.45) is 17.3 Å². The molecule has 0 spiro atoms. The number of hydrogen-bond donors (Lipinski definition) is 2. The third-order valence-corrected chi connectivity index (χ3v) is 4.02. The quantitative estimate of drug-likeness (QED) is 0.837. The third-order valence-electron chi connectivity index (χ3n) is 4.02. The number of aliphatic carboxylic acids is 1. The van der Waals surface area contributed by atoms with Gasteiger partial charge in [0.05, 0.1) is 11.8 Å². The van der Waals surface area contributed by atoms with Crippen molar-refractivity contribution >= 4 is 12.0 Å². The van der Waals surface area contributed by atoms with Gasteiger partial charge < -0.3 is 15.3 Å². The van der Waals surface area contributed by atoms with Crippen LogP contribution < -0.4 is 5.32 Å². The average Bonchev–Trinajstić information content (AvgIpc) is 2.81. The van der Waals surface area contributed by atoms with E-state index < -0.39 is 43.1 Å². The summed E-state index contributed by atoms with van der Waals surface area (Å²) in [4.78, 5) is 23.8. The van der Waals surface area contributed by atoms with E-state index in [1.807, 2.05) is 20.8 Å². The topological polar surface area (TPSA) is 69.6 Å². The summed E-state index contributed by atoms with van der Waals surface area (Å²) in [7, 11) is 0. The zero-order valence-electron chi connectivity index (χ0n) is 12.3. The fourth-order valence-electron chi connectivity index (χ4n) is 2.10. The zero-order chi connectivity index (χ0) is 16.4. The fraction of sp³-hybridized carbons (Fsp3) is 0.846. The fourth-order valence-corrected chi connectivity index (χ4v) is 2.10. The van der Waals surface area contributed by atoms with Gasteiger partial charge in [0, 0.05) is 19.6 Å². The number of alkyl halides is 3. The van der Waals surface area contributed by atoms with Crippen LogP contribution in [0, 0.1) is 17.3 Å². The molecule has 21 heavy (non-hydrogen) atoms. The van der Waals surface area contributed by atoms with Crippen molar-refractivity contribution < 1.29 is 27.9 Å². The lowest BCUT2D eigenvalue weighted by Gasteiger charge is -2.25. The number of carbonyl (C=O) groups excluding carboxylic acids is 1. The highest BCUT2D eigenvalue weighted by Crippen LogP contribution is 2.37. The largest absolute Gasteiger partial charge is 0.481 e. The van der Waals surface area contributed by atoms with E-state index in [1.54, 1.807) is 0 Å². The Morgan fingerprint density at radius 3 is 2.24 bits per heavy atom. The summed E-state index contributed by atoms with van der Waals surface area (Å²) in [5.74, 6) is -5.14. The minimum atomic E-state index is -4.62. The van der Waals surface area contributed by atoms with Crippen molar-refractivity contribution in [1.82, 2.24) is 10.2 Å². The van der Waals surface area contributed by atoms with Gasteiger partial charge in [-0.1, -0.05) is 20.8 Å². The van der Waals surface area contributed by atoms with Gasteiger partial charge in [-0.05, 0) is 11.8 Å². The SMILES string of the molecule is CCC(C)(C)CNC(=O)N1C[C@@H](C(F)(F)F)[C@H](C(=O)O)C1. The summed E-state index contributed by atoms with van der Waals surface area (Å²) in [6, 6.07) is -0.644. The first kappa shape index (κ1) is 17.6. The normalized spacial score (nSPS) is 23.2. The Bertz CT molecular complexity index is 410. The number of halogens is 3. The maximum absolute atomic E-state index is 12.8. The summed E-state index contributed by atoms with van der Waals surface area (Å²) in [5.41, 5.74) is -0.162. The van der Waals surface area contributed by atoms with E-state index in [0.29, 0.717) is 6.54 Å². The van der Waals surface area contributed by atoms with E-state index in [9.17, 15) is 22.8 Å². The van der Waals surface area contributed by atoms with Gasteiger partial charge in [-0.25, -0.2) is 4.79 Å². The number of hydrogen-bond acceptors (Lipinski definition) is 2. The first-order valence-corrected chi connectivity index (χ1v) is 6.80. The molecule has 8 heteroatoms. The van der Waals surface area contributed by atoms with Gasteiger partial charge in [-0.3, -0.25) is 4.79 Å². The van der Waals surface area contributed by atoms with Gasteiger partial charge in [0.2, 0.25) is 0 Å². The molecule has 1 heterocycles. The molecule has 0 aromatic carbocycles. The van der Waals surface area contributed by atoms with Crippen LogP contribution in [0.15, 0.2) is 0 Å². The maximum atomic E-state index is 12.8. The van der Waals surface area contributed by atoms with Crippen LogP contribution >= 0.6 is 0 Å². The van der Waals surface area contributed by atoms with Crippen molar-refractivity contribution in [3.8, 4) is 0 Å². The molecule has 0 unspecified atom stereocenters. The van der Waals surface area contributed by atoms with Gasteiger partial charge in [-0.2, -0.15) is 13.2 Å². The molecule has 1 rings (SSSR count). The molecule has 1 saturated heterocycles. The molecule has 122 valence electrons. The second-order valence-electron chi connectivity index (χ2n) is 6.17. The van der Waals surface area contributed by atoms with E-state index in [2.05, 4.69) is 5.32 Å². The molecule has 2 amide bonds. The molecule has 1 aliphatic rings. The molecular weight excluding hydrogens is 289 g/mol. The van der Waals surface area contributed by atoms with Gasteiger partial charge in [0.25, 0.3) is 0 Å². The predicted octanol–water partition coefficient (Wildman–Crippen LogP) is 2.33. The Labute approximate surface area is 121 Å². The van der Waals surface area contributed by atoms with E-state index in [0.717, 1.165) is 11.3 Å². The Morgan fingerprint density at radius 2 is 1.86 bits per heavy atom. The highest BCUT2D eigenvalue weighted by Gasteiger charge is 2.53. The van der Waals surface area contributed by atoms with Crippen molar-refractivity contribution in [2.75, 3.05) is 19.6 Å². The van der Waals surface area contributed by atoms with E-state index >= 15 is 0 Å². The number of nitrogens with zero attached hydrogens (tertiary/aromatic N) is 1. The first-order valence-electron chi connectivity index (χ1n) is 6.80. The smallest absolute Gasteiger partial charge is 0.394 e. The summed E-state index contributed by atoms with van der Waals surface area (Å²) in [6.07, 6.45) is -3.82. The van der Waals surface area contributed by atoms with Crippen LogP contribution in [0.2, 0.25) is 0 Å². The minimum absolute atomic E-state index is 0.162. The minimum Gasteiger partial charge on any atom is -0.481 e. The van der Waals surface area contributed by atoms with Crippen LogP contribution in [-0.4, -0.2) is 47.8 Å². The number of urea groups is 1. The van der Waals surface area contributed by atoms with Crippen LogP contribution in [0.3, 0.4) is 0 Å². The number of rotatable bonds is 4. The van der Waals surface area contributed by atoms with E-state index in [-0.39, 0.29) is 5.41 Å². The third kappa shape index (κ3) is 4.50. The molecule has 5 nitrogen and oxygen atoms in total. The Morgan fingerprint density at radius 1 is 1.29 bits per heavy atom. The Balaban J connectivity index is 2.69. The molecule has 2 atom stereocenters. The van der Waals surface area contributed by atoms with Gasteiger partial charge in [0.15, 0.2) is 0 Å². The highest BCUT2D eigenvalue weighted by atomic mass is 19.4. The number of amides is 2. The van der Waals surface area contributed by atoms with Crippen LogP contribution in [0.25, 0.3) is 0 Å². The van der Waals surface area contributed by atoms with E-state index in [1.165, 1.54) is 0 Å². The molecule has 0 bridgehead atoms. The van der Waals surface area contributed by atoms with Crippen molar-refractivity contribution in [2.45, 2.75) is 33.4 Å². The Kier molecular flexibility index (Phi) is 5.11. The van der Waals surface area contributed by atoms with E-state index in [4.69, 9.17) is 5.11 Å². The summed E-state index contributed by atoms with van der Waals surface area (Å²) >= 11 is 0. The standard InChI is InChI=1S/C13H21F3N2O3/c1-4-12(2,3)7-17-11(21)18-5-8(10(19)20)9(6-18)13(14,15)16/h8-9H,4-7H2,1-3H3,(H,17,21)(H,19,20)/t8-,9-/m1/s1. The number of carboxylic acid groups (broad SMARTS) is 1. The Hall–Kier alpha value is -1.47. The lowest BCUT2D eigenvalue weighted by molar-refractivity contribution is -0.187. The van der Waals surface area contributed by atoms with Crippen molar-refractivity contribution in [1.29, 1.82) is 0 Å². The number of carboxylic acids is 1. The molecule has 1 fully saturated rings. The molecule has 0 saturated carbocycles. The van der Waals surface area contributed by atoms with Crippen LogP contribution in [0.1, 0.15) is 27.2 Å². The lowest BCUT2D eigenvalue weighted by Crippen LogP contribution is -2.43. The first-order chi connectivity index (χ1) is 9.48. The summed E-state index contributed by atoms with van der Waals surface area (Å²) in [5, 5.41) is 11.5. The molecular formula is C13H21F3N2O3. The molecule has 0 radical (unpaired) electrons. The van der Waals surface area contributed by atoms with Gasteiger partial charge >= 0.3 is 18.2 Å². The summed E-state index contributed by atoms with van der Waals surface area (Å²) in [6.45, 7) is 5.10. The van der Waals surface area contributed by atoms with Crippen LogP contribution in [-0.2, 0) is 4.79 Å². The predicted molar refractivity (Wildman–Crippen MR) is 69.7 cm³/mol. The van der Waals surface area contributed by atoms with Gasteiger partial charge in [0.1, 0.15) is 0 Å². The molecule has 0 aromatic heterocycles. The number of nitrogens with one attached hydrogen (secondary N) is 1. The molecule has 0 aromatic rings. The zero-order valence-corrected chi connectivity index (χ0v) is 12.3. The van der Waals surface area contributed by atoms with Crippen molar-refractivity contribution in [3.63, 3.8) is 0 Å². The second-order valence-corrected chi connectivity index (χ2v) is 6.17. The lowest BCUT2D eigenvalue weighted by atomic mass is 9.90. The van der Waals surface area contributed by atoms with Crippen molar-refractivity contribution in [3.05, 3.63) is 0 Å². The second kappa shape index (κ2) is 6.11. The summed E-state index contributed by atoms with van der Waals surface area (Å²) < 4.78 is 38.4.